The molecule has 0 spiro atoms. The Morgan fingerprint density at radius 3 is 1.91 bits per heavy atom. The van der Waals surface area contributed by atoms with Crippen molar-refractivity contribution in [2.75, 3.05) is 11.9 Å². The van der Waals surface area contributed by atoms with Gasteiger partial charge in [-0.15, -0.1) is 0 Å². The smallest absolute Gasteiger partial charge is 0.338 e. The van der Waals surface area contributed by atoms with Gasteiger partial charge in [-0.1, -0.05) is 114 Å². The number of para-hydroxylation sites is 1. The van der Waals surface area contributed by atoms with Crippen LogP contribution in [0.25, 0.3) is 17.3 Å². The molecule has 266 valence electrons. The normalized spacial score (nSPS) is 13.0. The van der Waals surface area contributed by atoms with Gasteiger partial charge in [0.15, 0.2) is 0 Å². The summed E-state index contributed by atoms with van der Waals surface area (Å²) in [5.41, 5.74) is 15.2. The van der Waals surface area contributed by atoms with Gasteiger partial charge in [-0.2, -0.15) is 0 Å². The average Bonchev–Trinajstić information content (AvgIpc) is 3.17. The molecule has 6 aromatic rings. The van der Waals surface area contributed by atoms with Gasteiger partial charge in [0.1, 0.15) is 11.5 Å². The van der Waals surface area contributed by atoms with Gasteiger partial charge in [-0.25, -0.2) is 4.79 Å². The number of benzene rings is 6. The fourth-order valence-corrected chi connectivity index (χ4v) is 7.63. The third-order valence-corrected chi connectivity index (χ3v) is 10.1. The Balaban J connectivity index is 1.53. The van der Waals surface area contributed by atoms with Gasteiger partial charge in [0, 0.05) is 11.4 Å². The molecule has 54 heavy (non-hydrogen) atoms. The molecule has 1 heterocycles. The number of rotatable bonds is 9. The van der Waals surface area contributed by atoms with E-state index in [1.165, 1.54) is 45.9 Å². The molecule has 0 saturated heterocycles. The Bertz CT molecular complexity index is 2390. The summed E-state index contributed by atoms with van der Waals surface area (Å²) in [7, 11) is 1.43. The highest BCUT2D eigenvalue weighted by atomic mass is 16.5. The number of nitrogens with zero attached hydrogens (tertiary/aromatic N) is 1. The van der Waals surface area contributed by atoms with Gasteiger partial charge in [0.25, 0.3) is 0 Å². The van der Waals surface area contributed by atoms with Crippen LogP contribution in [0.15, 0.2) is 157 Å². The van der Waals surface area contributed by atoms with E-state index in [2.05, 4.69) is 130 Å². The first-order chi connectivity index (χ1) is 26.2. The van der Waals surface area contributed by atoms with Crippen molar-refractivity contribution in [1.82, 2.24) is 0 Å². The summed E-state index contributed by atoms with van der Waals surface area (Å²) in [6, 6.07) is 47.9. The second kappa shape index (κ2) is 15.7. The molecule has 0 amide bonds. The predicted molar refractivity (Wildman–Crippen MR) is 226 cm³/mol. The van der Waals surface area contributed by atoms with Gasteiger partial charge < -0.3 is 14.3 Å². The number of hydrogen-bond acceptors (Lipinski definition) is 4. The zero-order valence-electron chi connectivity index (χ0n) is 31.8. The van der Waals surface area contributed by atoms with E-state index in [9.17, 15) is 4.79 Å². The molecular weight excluding hydrogens is 661 g/mol. The third kappa shape index (κ3) is 7.44. The van der Waals surface area contributed by atoms with Crippen LogP contribution < -0.4 is 15.0 Å². The van der Waals surface area contributed by atoms with E-state index in [4.69, 9.17) is 9.47 Å². The Kier molecular flexibility index (Phi) is 10.5. The van der Waals surface area contributed by atoms with Crippen molar-refractivity contribution in [3.8, 4) is 11.5 Å². The molecule has 7 rings (SSSR count). The number of hydrogen-bond donors (Lipinski definition) is 0. The standard InChI is InChI=1S/C49H44BNO3/c1-33-29-36(4)48(37(5)30-33)50-46(28-21-38-16-9-7-10-17-38)45(43-20-14-13-15-34(43)2)32-47(51(50)40-24-27-44(35(3)31-40)49(52)53-6)39-22-25-42(26-23-39)54-41-18-11-8-12-19-41/h7-32H,1-6H3/b28-21+. The minimum Gasteiger partial charge on any atom is -0.465 e. The molecule has 6 aromatic carbocycles. The van der Waals surface area contributed by atoms with E-state index >= 15 is 0 Å². The van der Waals surface area contributed by atoms with Gasteiger partial charge >= 0.3 is 12.8 Å². The maximum atomic E-state index is 12.8. The largest absolute Gasteiger partial charge is 0.465 e. The fourth-order valence-electron chi connectivity index (χ4n) is 7.63. The van der Waals surface area contributed by atoms with Crippen LogP contribution in [-0.2, 0) is 4.74 Å². The summed E-state index contributed by atoms with van der Waals surface area (Å²) in [6.45, 7) is 10.5. The van der Waals surface area contributed by atoms with Crippen molar-refractivity contribution in [2.45, 2.75) is 34.6 Å². The van der Waals surface area contributed by atoms with Crippen LogP contribution in [0.4, 0.5) is 5.69 Å². The first kappa shape index (κ1) is 36.1. The van der Waals surface area contributed by atoms with Crippen LogP contribution in [0.5, 0.6) is 11.5 Å². The van der Waals surface area contributed by atoms with E-state index in [0.717, 1.165) is 45.1 Å². The summed E-state index contributed by atoms with van der Waals surface area (Å²) in [6.07, 6.45) is 6.85. The van der Waals surface area contributed by atoms with E-state index in [1.54, 1.807) is 0 Å². The first-order valence-electron chi connectivity index (χ1n) is 18.4. The van der Waals surface area contributed by atoms with Crippen molar-refractivity contribution < 1.29 is 14.3 Å². The lowest BCUT2D eigenvalue weighted by molar-refractivity contribution is 0.0600. The maximum Gasteiger partial charge on any atom is 0.338 e. The highest BCUT2D eigenvalue weighted by molar-refractivity contribution is 6.87. The lowest BCUT2D eigenvalue weighted by Gasteiger charge is -2.40. The molecule has 0 fully saturated rings. The highest BCUT2D eigenvalue weighted by Crippen LogP contribution is 2.41. The average molecular weight is 706 g/mol. The van der Waals surface area contributed by atoms with Crippen LogP contribution in [0, 0.1) is 34.6 Å². The summed E-state index contributed by atoms with van der Waals surface area (Å²) >= 11 is 0. The maximum absolute atomic E-state index is 12.8. The molecule has 0 aromatic heterocycles. The number of anilines is 1. The molecule has 5 heteroatoms. The number of aryl methyl sites for hydroxylation is 5. The third-order valence-electron chi connectivity index (χ3n) is 10.1. The molecule has 0 unspecified atom stereocenters. The Labute approximate surface area is 319 Å². The SMILES string of the molecule is COC(=O)c1ccc(N2B(c3c(C)cc(C)cc3C)C(/C=C/c3ccccc3)=C(c3ccccc3C)C=C2c2ccc(Oc3ccccc3)cc2)cc1C. The number of carbonyl (C=O) groups is 1. The van der Waals surface area contributed by atoms with Gasteiger partial charge in [0.2, 0.25) is 0 Å². The van der Waals surface area contributed by atoms with Gasteiger partial charge in [-0.05, 0) is 140 Å². The lowest BCUT2D eigenvalue weighted by Crippen LogP contribution is -2.53. The summed E-state index contributed by atoms with van der Waals surface area (Å²) in [5.74, 6) is 1.20. The van der Waals surface area contributed by atoms with Crippen molar-refractivity contribution in [3.05, 3.63) is 207 Å². The Morgan fingerprint density at radius 2 is 1.26 bits per heavy atom. The highest BCUT2D eigenvalue weighted by Gasteiger charge is 2.39. The molecule has 0 atom stereocenters. The summed E-state index contributed by atoms with van der Waals surface area (Å²) < 4.78 is 11.4. The number of carbonyl (C=O) groups excluding carboxylic acids is 1. The molecule has 4 nitrogen and oxygen atoms in total. The van der Waals surface area contributed by atoms with Crippen LogP contribution in [0.2, 0.25) is 0 Å². The van der Waals surface area contributed by atoms with E-state index in [-0.39, 0.29) is 12.8 Å². The van der Waals surface area contributed by atoms with Crippen molar-refractivity contribution >= 4 is 41.3 Å². The second-order valence-electron chi connectivity index (χ2n) is 14.0. The molecule has 0 saturated carbocycles. The zero-order chi connectivity index (χ0) is 37.8. The minimum absolute atomic E-state index is 0.233. The Morgan fingerprint density at radius 1 is 0.630 bits per heavy atom. The Hall–Kier alpha value is -6.33. The predicted octanol–water partition coefficient (Wildman–Crippen LogP) is 11.3. The second-order valence-corrected chi connectivity index (χ2v) is 14.0. The van der Waals surface area contributed by atoms with Crippen LogP contribution in [0.1, 0.15) is 54.9 Å². The molecule has 0 bridgehead atoms. The summed E-state index contributed by atoms with van der Waals surface area (Å²) in [5, 5.41) is 0. The van der Waals surface area contributed by atoms with E-state index in [1.807, 2.05) is 67.6 Å². The summed E-state index contributed by atoms with van der Waals surface area (Å²) in [4.78, 5) is 15.2. The number of allylic oxidation sites excluding steroid dienone is 4. The molecule has 0 aliphatic carbocycles. The zero-order valence-corrected chi connectivity index (χ0v) is 31.8. The molecule has 1 aliphatic heterocycles. The first-order valence-corrected chi connectivity index (χ1v) is 18.4. The minimum atomic E-state index is -0.350. The molecule has 1 aliphatic rings. The molecule has 0 radical (unpaired) electrons. The molecule has 0 N–H and O–H groups in total. The van der Waals surface area contributed by atoms with Gasteiger partial charge in [-0.3, -0.25) is 0 Å². The van der Waals surface area contributed by atoms with E-state index < -0.39 is 0 Å². The van der Waals surface area contributed by atoms with Crippen LogP contribution >= 0.6 is 0 Å². The van der Waals surface area contributed by atoms with Crippen molar-refractivity contribution in [1.29, 1.82) is 0 Å². The van der Waals surface area contributed by atoms with Crippen LogP contribution in [0.3, 0.4) is 0 Å². The monoisotopic (exact) mass is 705 g/mol. The number of methoxy groups -OCH3 is 1. The van der Waals surface area contributed by atoms with Crippen molar-refractivity contribution in [3.63, 3.8) is 0 Å². The number of esters is 1. The fraction of sp³-hybridized carbons (Fsp3) is 0.122. The van der Waals surface area contributed by atoms with Crippen LogP contribution in [-0.4, -0.2) is 19.9 Å². The van der Waals surface area contributed by atoms with Gasteiger partial charge in [0.05, 0.1) is 12.7 Å². The van der Waals surface area contributed by atoms with E-state index in [0.29, 0.717) is 5.56 Å². The number of ether oxygens (including phenoxy) is 2. The lowest BCUT2D eigenvalue weighted by atomic mass is 9.43. The molecular formula is C49H44BNO3. The topological polar surface area (TPSA) is 38.8 Å². The van der Waals surface area contributed by atoms with Crippen molar-refractivity contribution in [2.24, 2.45) is 0 Å². The quantitative estimate of drug-likeness (QED) is 0.111.